The van der Waals surface area contributed by atoms with Crippen LogP contribution in [0, 0.1) is 11.8 Å². The number of carbonyl (C=O) groups is 2. The number of hydrogen-bond acceptors (Lipinski definition) is 8. The van der Waals surface area contributed by atoms with Crippen molar-refractivity contribution in [3.05, 3.63) is 88.0 Å². The number of rotatable bonds is 4. The van der Waals surface area contributed by atoms with Gasteiger partial charge in [-0.25, -0.2) is 0 Å². The minimum absolute atomic E-state index is 0.0406. The van der Waals surface area contributed by atoms with Crippen LogP contribution in [0.5, 0.6) is 0 Å². The molecule has 266 valence electrons. The van der Waals surface area contributed by atoms with Crippen LogP contribution >= 0.6 is 70.6 Å². The van der Waals surface area contributed by atoms with Crippen LogP contribution in [0.2, 0.25) is 0 Å². The van der Waals surface area contributed by atoms with Gasteiger partial charge in [0.15, 0.2) is 0 Å². The van der Waals surface area contributed by atoms with Crippen molar-refractivity contribution in [2.75, 3.05) is 13.1 Å². The van der Waals surface area contributed by atoms with Gasteiger partial charge in [0.1, 0.15) is 8.64 Å². The number of fused-ring (bicyclic) bond motifs is 11. The Balaban J connectivity index is 1.05. The van der Waals surface area contributed by atoms with Crippen LogP contribution in [-0.4, -0.2) is 43.3 Å². The second kappa shape index (κ2) is 12.6. The summed E-state index contributed by atoms with van der Waals surface area (Å²) in [4.78, 5) is 36.4. The molecule has 0 N–H and O–H groups in total. The van der Waals surface area contributed by atoms with Crippen molar-refractivity contribution in [1.29, 1.82) is 0 Å². The Morgan fingerprint density at radius 3 is 1.42 bits per heavy atom. The zero-order valence-corrected chi connectivity index (χ0v) is 34.3. The maximum atomic E-state index is 13.1. The minimum atomic E-state index is 0.0406. The first-order valence-electron chi connectivity index (χ1n) is 18.9. The van der Waals surface area contributed by atoms with E-state index in [1.807, 2.05) is 36.5 Å². The van der Waals surface area contributed by atoms with Crippen molar-refractivity contribution in [3.8, 4) is 0 Å². The van der Waals surface area contributed by atoms with Gasteiger partial charge in [-0.05, 0) is 97.2 Å². The molecule has 2 amide bonds. The van der Waals surface area contributed by atoms with E-state index in [2.05, 4.69) is 48.6 Å². The quantitative estimate of drug-likeness (QED) is 0.227. The van der Waals surface area contributed by atoms with E-state index in [1.165, 1.54) is 130 Å². The molecule has 2 aliphatic heterocycles. The molecule has 6 aliphatic carbocycles. The van der Waals surface area contributed by atoms with Gasteiger partial charge in [-0.2, -0.15) is 0 Å². The number of thiophene rings is 2. The average Bonchev–Trinajstić information content (AvgIpc) is 3.97. The van der Waals surface area contributed by atoms with Gasteiger partial charge < -0.3 is 0 Å². The number of thiocarbonyl (C=S) groups is 2. The van der Waals surface area contributed by atoms with Crippen molar-refractivity contribution in [3.63, 3.8) is 0 Å². The zero-order valence-electron chi connectivity index (χ0n) is 29.4. The molecule has 10 rings (SSSR count). The largest absolute Gasteiger partial charge is 0.293 e. The molecule has 2 saturated heterocycles. The first-order chi connectivity index (χ1) is 25.2. The van der Waals surface area contributed by atoms with Gasteiger partial charge in [0.25, 0.3) is 11.8 Å². The first kappa shape index (κ1) is 34.2. The van der Waals surface area contributed by atoms with Crippen molar-refractivity contribution in [1.82, 2.24) is 9.80 Å². The molecule has 2 atom stereocenters. The Morgan fingerprint density at radius 1 is 0.654 bits per heavy atom. The van der Waals surface area contributed by atoms with Crippen molar-refractivity contribution < 1.29 is 9.59 Å². The highest BCUT2D eigenvalue weighted by atomic mass is 32.2. The van der Waals surface area contributed by atoms with Gasteiger partial charge in [-0.15, -0.1) is 22.7 Å². The normalized spacial score (nSPS) is 28.3. The predicted molar refractivity (Wildman–Crippen MR) is 228 cm³/mol. The lowest BCUT2D eigenvalue weighted by Gasteiger charge is -2.40. The molecular weight excluding hydrogens is 757 g/mol. The number of allylic oxidation sites excluding steroid dienone is 8. The topological polar surface area (TPSA) is 40.6 Å². The average molecular weight is 797 g/mol. The fourth-order valence-corrected chi connectivity index (χ4v) is 15.8. The summed E-state index contributed by atoms with van der Waals surface area (Å²) in [5.41, 5.74) is 9.13. The third kappa shape index (κ3) is 4.89. The highest BCUT2D eigenvalue weighted by Crippen LogP contribution is 2.65. The standard InChI is InChI=1S/C42H40N2O2S6/c1-3-43-37(45)33(51-39(43)47)21-25-19-31-35(49-25)27-15-23-18-30-28(16-24(23)17-29(27)41(31)11-7-5-8-12-41)36-32(42(30)13-9-6-10-14-42)20-26(50-36)22-34-38(46)44(4-2)40(48)52-34/h15-24H,3-14H2,1-2H3/b33-21-,34-22-. The third-order valence-electron chi connectivity index (χ3n) is 12.9. The van der Waals surface area contributed by atoms with E-state index >= 15 is 0 Å². The van der Waals surface area contributed by atoms with Crippen molar-refractivity contribution in [2.24, 2.45) is 11.8 Å². The van der Waals surface area contributed by atoms with Crippen molar-refractivity contribution in [2.45, 2.75) is 88.9 Å². The van der Waals surface area contributed by atoms with Gasteiger partial charge >= 0.3 is 0 Å². The number of thioether (sulfide) groups is 2. The first-order valence-corrected chi connectivity index (χ1v) is 23.0. The fraction of sp³-hybridized carbons (Fsp3) is 0.429. The van der Waals surface area contributed by atoms with Gasteiger partial charge in [-0.3, -0.25) is 19.4 Å². The molecule has 52 heavy (non-hydrogen) atoms. The predicted octanol–water partition coefficient (Wildman–Crippen LogP) is 11.3. The summed E-state index contributed by atoms with van der Waals surface area (Å²) < 4.78 is 1.33. The molecule has 0 aromatic carbocycles. The summed E-state index contributed by atoms with van der Waals surface area (Å²) in [6.07, 6.45) is 27.2. The van der Waals surface area contributed by atoms with E-state index in [0.717, 1.165) is 9.81 Å². The van der Waals surface area contributed by atoms with Crippen LogP contribution in [0.25, 0.3) is 23.3 Å². The number of hydrogen-bond donors (Lipinski definition) is 0. The Morgan fingerprint density at radius 2 is 1.06 bits per heavy atom. The van der Waals surface area contributed by atoms with Crippen LogP contribution in [0.4, 0.5) is 0 Å². The van der Waals surface area contributed by atoms with E-state index < -0.39 is 0 Å². The number of amides is 2. The third-order valence-corrected chi connectivity index (χ3v) is 17.8. The summed E-state index contributed by atoms with van der Waals surface area (Å²) in [6.45, 7) is 5.20. The van der Waals surface area contributed by atoms with Crippen LogP contribution in [0.3, 0.4) is 0 Å². The molecule has 2 spiro atoms. The van der Waals surface area contributed by atoms with Crippen LogP contribution in [0.1, 0.15) is 109 Å². The molecule has 8 aliphatic rings. The molecule has 4 nitrogen and oxygen atoms in total. The second-order valence-corrected chi connectivity index (χ2v) is 20.9. The van der Waals surface area contributed by atoms with Crippen LogP contribution in [0.15, 0.2) is 57.4 Å². The Bertz CT molecular complexity index is 2040. The molecule has 0 bridgehead atoms. The molecule has 10 heteroatoms. The van der Waals surface area contributed by atoms with Gasteiger partial charge in [-0.1, -0.05) is 111 Å². The molecule has 2 unspecified atom stereocenters. The summed E-state index contributed by atoms with van der Waals surface area (Å²) in [5, 5.41) is 0. The zero-order chi connectivity index (χ0) is 35.5. The summed E-state index contributed by atoms with van der Waals surface area (Å²) in [7, 11) is 0. The molecule has 2 saturated carbocycles. The van der Waals surface area contributed by atoms with Gasteiger partial charge in [0, 0.05) is 55.3 Å². The van der Waals surface area contributed by atoms with E-state index in [4.69, 9.17) is 24.4 Å². The number of carbonyl (C=O) groups excluding carboxylic acids is 2. The Kier molecular flexibility index (Phi) is 8.28. The molecule has 4 heterocycles. The second-order valence-electron chi connectivity index (χ2n) is 15.4. The molecule has 4 fully saturated rings. The fourth-order valence-electron chi connectivity index (χ4n) is 10.5. The monoisotopic (exact) mass is 796 g/mol. The summed E-state index contributed by atoms with van der Waals surface area (Å²) in [5.74, 6) is 0.745. The Hall–Kier alpha value is -2.34. The van der Waals surface area contributed by atoms with Gasteiger partial charge in [0.2, 0.25) is 0 Å². The van der Waals surface area contributed by atoms with Crippen molar-refractivity contribution >= 4 is 114 Å². The van der Waals surface area contributed by atoms with Crippen LogP contribution in [-0.2, 0) is 20.4 Å². The number of likely N-dealkylation sites (N-methyl/N-ethyl adjacent to an activating group) is 2. The maximum Gasteiger partial charge on any atom is 0.266 e. The van der Waals surface area contributed by atoms with E-state index in [0.29, 0.717) is 33.6 Å². The molecule has 2 aromatic rings. The molecular formula is C42H40N2O2S6. The summed E-state index contributed by atoms with van der Waals surface area (Å²) in [6, 6.07) is 4.84. The highest BCUT2D eigenvalue weighted by molar-refractivity contribution is 8.27. The van der Waals surface area contributed by atoms with E-state index in [1.54, 1.807) is 20.9 Å². The highest BCUT2D eigenvalue weighted by Gasteiger charge is 2.52. The lowest BCUT2D eigenvalue weighted by atomic mass is 9.63. The SMILES string of the molecule is CCN1C(=O)/C(=C/c2cc3c(s2)C2=CC4C=C5C(=CC4C=C2C32CCCCC2)c2sc(/C=C3\SC(=S)N(CC)C3=O)cc2C52CCCCC2)SC1=S. The van der Waals surface area contributed by atoms with Gasteiger partial charge in [0.05, 0.1) is 9.81 Å². The van der Waals surface area contributed by atoms with E-state index in [-0.39, 0.29) is 22.6 Å². The summed E-state index contributed by atoms with van der Waals surface area (Å²) >= 11 is 17.7. The molecule has 0 radical (unpaired) electrons. The maximum absolute atomic E-state index is 13.1. The minimum Gasteiger partial charge on any atom is -0.293 e. The lowest BCUT2D eigenvalue weighted by molar-refractivity contribution is -0.122. The molecule has 2 aromatic heterocycles. The van der Waals surface area contributed by atoms with E-state index in [9.17, 15) is 9.59 Å². The Labute approximate surface area is 333 Å². The lowest BCUT2D eigenvalue weighted by Crippen LogP contribution is -2.31. The number of nitrogens with zero attached hydrogens (tertiary/aromatic N) is 2. The van der Waals surface area contributed by atoms with Crippen LogP contribution < -0.4 is 0 Å². The smallest absolute Gasteiger partial charge is 0.266 e.